The van der Waals surface area contributed by atoms with Crippen LogP contribution in [0, 0.1) is 6.92 Å². The number of amides is 1. The number of hydrogen-bond acceptors (Lipinski definition) is 7. The number of fused-ring (bicyclic) bond motifs is 1. The van der Waals surface area contributed by atoms with E-state index in [1.165, 1.54) is 17.6 Å². The summed E-state index contributed by atoms with van der Waals surface area (Å²) in [5.74, 6) is 0.161. The quantitative estimate of drug-likeness (QED) is 0.630. The minimum atomic E-state index is -0.752. The molecule has 1 unspecified atom stereocenters. The Balaban J connectivity index is 1.98. The van der Waals surface area contributed by atoms with Gasteiger partial charge in [-0.05, 0) is 31.9 Å². The fourth-order valence-corrected chi connectivity index (χ4v) is 3.43. The molecular weight excluding hydrogens is 380 g/mol. The van der Waals surface area contributed by atoms with Crippen molar-refractivity contribution in [2.75, 3.05) is 13.2 Å². The number of ether oxygens (including phenoxy) is 1. The van der Waals surface area contributed by atoms with Crippen LogP contribution in [-0.4, -0.2) is 35.3 Å². The second-order valence-corrected chi connectivity index (χ2v) is 7.38. The number of rotatable bonds is 7. The largest absolute Gasteiger partial charge is 0.480 e. The second kappa shape index (κ2) is 8.53. The van der Waals surface area contributed by atoms with Crippen molar-refractivity contribution in [3.05, 3.63) is 44.6 Å². The molecule has 0 saturated heterocycles. The zero-order valence-corrected chi connectivity index (χ0v) is 16.8. The summed E-state index contributed by atoms with van der Waals surface area (Å²) >= 11 is 1.47. The van der Waals surface area contributed by atoms with Crippen molar-refractivity contribution in [1.29, 1.82) is 0 Å². The maximum absolute atomic E-state index is 12.9. The molecule has 3 rings (SSSR count). The molecule has 1 amide bonds. The molecule has 0 radical (unpaired) electrons. The normalized spacial score (nSPS) is 12.1. The lowest BCUT2D eigenvalue weighted by Gasteiger charge is -2.17. The molecule has 0 fully saturated rings. The summed E-state index contributed by atoms with van der Waals surface area (Å²) in [6.45, 7) is 5.48. The van der Waals surface area contributed by atoms with Gasteiger partial charge < -0.3 is 19.6 Å². The lowest BCUT2D eigenvalue weighted by molar-refractivity contribution is -0.127. The van der Waals surface area contributed by atoms with Crippen LogP contribution in [0.4, 0.5) is 0 Å². The Bertz CT molecular complexity index is 1060. The van der Waals surface area contributed by atoms with Gasteiger partial charge in [0, 0.05) is 18.0 Å². The first-order valence-electron chi connectivity index (χ1n) is 9.00. The SMILES string of the molecule is CCc1cc2c(=O)c(-c3csc(C)n3)coc2cc1OC(C)C(=O)NCCO. The highest BCUT2D eigenvalue weighted by Crippen LogP contribution is 2.28. The number of nitrogens with one attached hydrogen (secondary N) is 1. The minimum Gasteiger partial charge on any atom is -0.480 e. The number of aliphatic hydroxyl groups excluding tert-OH is 1. The predicted octanol–water partition coefficient (Wildman–Crippen LogP) is 2.66. The van der Waals surface area contributed by atoms with Gasteiger partial charge in [-0.1, -0.05) is 6.92 Å². The Hall–Kier alpha value is -2.71. The van der Waals surface area contributed by atoms with Crippen LogP contribution in [0.3, 0.4) is 0 Å². The van der Waals surface area contributed by atoms with Crippen LogP contribution in [-0.2, 0) is 11.2 Å². The highest BCUT2D eigenvalue weighted by molar-refractivity contribution is 7.09. The van der Waals surface area contributed by atoms with E-state index in [0.717, 1.165) is 10.6 Å². The van der Waals surface area contributed by atoms with Gasteiger partial charge in [-0.15, -0.1) is 11.3 Å². The third kappa shape index (κ3) is 4.07. The Labute approximate surface area is 166 Å². The molecule has 1 atom stereocenters. The van der Waals surface area contributed by atoms with E-state index in [2.05, 4.69) is 10.3 Å². The maximum Gasteiger partial charge on any atom is 0.260 e. The van der Waals surface area contributed by atoms with Crippen molar-refractivity contribution in [1.82, 2.24) is 10.3 Å². The highest BCUT2D eigenvalue weighted by Gasteiger charge is 2.18. The first kappa shape index (κ1) is 20.0. The fourth-order valence-electron chi connectivity index (χ4n) is 2.82. The first-order valence-corrected chi connectivity index (χ1v) is 9.88. The molecule has 0 bridgehead atoms. The summed E-state index contributed by atoms with van der Waals surface area (Å²) in [4.78, 5) is 29.3. The van der Waals surface area contributed by atoms with Crippen molar-refractivity contribution in [3.63, 3.8) is 0 Å². The van der Waals surface area contributed by atoms with Gasteiger partial charge in [0.05, 0.1) is 28.3 Å². The van der Waals surface area contributed by atoms with Crippen molar-refractivity contribution in [2.24, 2.45) is 0 Å². The van der Waals surface area contributed by atoms with Crippen molar-refractivity contribution < 1.29 is 19.1 Å². The standard InChI is InChI=1S/C20H22N2O5S/c1-4-13-7-14-18(8-17(13)27-11(2)20(25)21-5-6-23)26-9-15(19(14)24)16-10-28-12(3)22-16/h7-11,23H,4-6H2,1-3H3,(H,21,25). The number of carbonyl (C=O) groups excluding carboxylic acids is 1. The topological polar surface area (TPSA) is 102 Å². The number of thiazole rings is 1. The maximum atomic E-state index is 12.9. The average molecular weight is 402 g/mol. The van der Waals surface area contributed by atoms with Gasteiger partial charge in [0.1, 0.15) is 17.6 Å². The molecule has 7 nitrogen and oxygen atoms in total. The van der Waals surface area contributed by atoms with Gasteiger partial charge >= 0.3 is 0 Å². The lowest BCUT2D eigenvalue weighted by atomic mass is 10.1. The molecule has 0 aliphatic heterocycles. The monoisotopic (exact) mass is 402 g/mol. The van der Waals surface area contributed by atoms with Crippen LogP contribution in [0.2, 0.25) is 0 Å². The van der Waals surface area contributed by atoms with E-state index in [1.807, 2.05) is 19.2 Å². The molecule has 0 aliphatic rings. The van der Waals surface area contributed by atoms with Gasteiger partial charge in [-0.3, -0.25) is 9.59 Å². The third-order valence-corrected chi connectivity index (χ3v) is 5.09. The summed E-state index contributed by atoms with van der Waals surface area (Å²) < 4.78 is 11.5. The number of hydrogen-bond donors (Lipinski definition) is 2. The summed E-state index contributed by atoms with van der Waals surface area (Å²) in [6.07, 6.45) is 1.28. The van der Waals surface area contributed by atoms with Gasteiger partial charge in [0.25, 0.3) is 5.91 Å². The van der Waals surface area contributed by atoms with Crippen LogP contribution < -0.4 is 15.5 Å². The lowest BCUT2D eigenvalue weighted by Crippen LogP contribution is -2.37. The Morgan fingerprint density at radius 2 is 2.21 bits per heavy atom. The fraction of sp³-hybridized carbons (Fsp3) is 0.350. The summed E-state index contributed by atoms with van der Waals surface area (Å²) in [6, 6.07) is 3.39. The zero-order valence-electron chi connectivity index (χ0n) is 15.9. The molecular formula is C20H22N2O5S. The van der Waals surface area contributed by atoms with Gasteiger partial charge in [0.2, 0.25) is 5.43 Å². The number of aliphatic hydroxyl groups is 1. The molecule has 2 aromatic heterocycles. The van der Waals surface area contributed by atoms with Gasteiger partial charge in [-0.2, -0.15) is 0 Å². The van der Waals surface area contributed by atoms with E-state index in [1.54, 1.807) is 19.1 Å². The van der Waals surface area contributed by atoms with E-state index in [-0.39, 0.29) is 24.5 Å². The number of aryl methyl sites for hydroxylation is 2. The number of aromatic nitrogens is 1. The predicted molar refractivity (Wildman–Crippen MR) is 108 cm³/mol. The van der Waals surface area contributed by atoms with Crippen molar-refractivity contribution in [2.45, 2.75) is 33.3 Å². The van der Waals surface area contributed by atoms with Crippen molar-refractivity contribution in [3.8, 4) is 17.0 Å². The Kier molecular flexibility index (Phi) is 6.11. The number of carbonyl (C=O) groups is 1. The minimum absolute atomic E-state index is 0.138. The molecule has 148 valence electrons. The molecule has 2 N–H and O–H groups in total. The number of benzene rings is 1. The first-order chi connectivity index (χ1) is 13.4. The average Bonchev–Trinajstić information content (AvgIpc) is 3.11. The number of nitrogens with zero attached hydrogens (tertiary/aromatic N) is 1. The Morgan fingerprint density at radius 1 is 1.43 bits per heavy atom. The van der Waals surface area contributed by atoms with Crippen molar-refractivity contribution >= 4 is 28.2 Å². The van der Waals surface area contributed by atoms with Crippen LogP contribution in [0.1, 0.15) is 24.4 Å². The highest BCUT2D eigenvalue weighted by atomic mass is 32.1. The summed E-state index contributed by atoms with van der Waals surface area (Å²) in [7, 11) is 0. The zero-order chi connectivity index (χ0) is 20.3. The Morgan fingerprint density at radius 3 is 2.86 bits per heavy atom. The van der Waals surface area contributed by atoms with Crippen LogP contribution in [0.5, 0.6) is 5.75 Å². The van der Waals surface area contributed by atoms with Gasteiger partial charge in [0.15, 0.2) is 6.10 Å². The van der Waals surface area contributed by atoms with E-state index < -0.39 is 6.10 Å². The molecule has 0 aliphatic carbocycles. The molecule has 28 heavy (non-hydrogen) atoms. The molecule has 0 saturated carbocycles. The summed E-state index contributed by atoms with van der Waals surface area (Å²) in [5, 5.41) is 14.5. The van der Waals surface area contributed by atoms with Crippen LogP contribution in [0.15, 0.2) is 33.0 Å². The van der Waals surface area contributed by atoms with E-state index >= 15 is 0 Å². The molecule has 0 spiro atoms. The molecule has 3 aromatic rings. The van der Waals surface area contributed by atoms with Gasteiger partial charge in [-0.25, -0.2) is 4.98 Å². The van der Waals surface area contributed by atoms with E-state index in [9.17, 15) is 9.59 Å². The summed E-state index contributed by atoms with van der Waals surface area (Å²) in [5.41, 5.74) is 2.06. The van der Waals surface area contributed by atoms with Crippen LogP contribution in [0.25, 0.3) is 22.2 Å². The molecule has 1 aromatic carbocycles. The van der Waals surface area contributed by atoms with Crippen LogP contribution >= 0.6 is 11.3 Å². The smallest absolute Gasteiger partial charge is 0.260 e. The van der Waals surface area contributed by atoms with E-state index in [4.69, 9.17) is 14.3 Å². The molecule has 2 heterocycles. The third-order valence-electron chi connectivity index (χ3n) is 4.32. The second-order valence-electron chi connectivity index (χ2n) is 6.31. The molecule has 8 heteroatoms. The van der Waals surface area contributed by atoms with E-state index in [0.29, 0.717) is 34.4 Å².